The summed E-state index contributed by atoms with van der Waals surface area (Å²) in [6.45, 7) is 4.84. The van der Waals surface area contributed by atoms with Crippen LogP contribution in [0.15, 0.2) is 224 Å². The summed E-state index contributed by atoms with van der Waals surface area (Å²) in [5.41, 5.74) is 23.2. The highest BCUT2D eigenvalue weighted by atomic mass is 15.2. The van der Waals surface area contributed by atoms with Gasteiger partial charge >= 0.3 is 0 Å². The van der Waals surface area contributed by atoms with Crippen LogP contribution in [0.1, 0.15) is 25.0 Å². The fourth-order valence-electron chi connectivity index (χ4n) is 11.6. The van der Waals surface area contributed by atoms with Crippen LogP contribution < -0.4 is 4.90 Å². The van der Waals surface area contributed by atoms with Crippen molar-refractivity contribution in [1.29, 1.82) is 0 Å². The van der Waals surface area contributed by atoms with E-state index in [-0.39, 0.29) is 5.41 Å². The van der Waals surface area contributed by atoms with E-state index in [9.17, 15) is 0 Å². The van der Waals surface area contributed by atoms with Gasteiger partial charge in [-0.25, -0.2) is 0 Å². The summed E-state index contributed by atoms with van der Waals surface area (Å²) in [6.07, 6.45) is 0. The molecule has 14 rings (SSSR count). The van der Waals surface area contributed by atoms with Crippen molar-refractivity contribution in [2.75, 3.05) is 4.90 Å². The first-order chi connectivity index (χ1) is 32.5. The molecule has 12 aromatic rings. The molecular formula is C63H43N3. The summed E-state index contributed by atoms with van der Waals surface area (Å²) in [4.78, 5) is 2.46. The van der Waals surface area contributed by atoms with E-state index in [1.807, 2.05) is 0 Å². The van der Waals surface area contributed by atoms with Crippen LogP contribution in [-0.4, -0.2) is 9.13 Å². The predicted octanol–water partition coefficient (Wildman–Crippen LogP) is 17.0. The van der Waals surface area contributed by atoms with Crippen molar-refractivity contribution in [2.45, 2.75) is 19.3 Å². The van der Waals surface area contributed by atoms with E-state index in [0.29, 0.717) is 0 Å². The zero-order valence-electron chi connectivity index (χ0n) is 36.7. The largest absolute Gasteiger partial charge is 0.308 e. The van der Waals surface area contributed by atoms with E-state index in [1.165, 1.54) is 105 Å². The molecule has 310 valence electrons. The highest BCUT2D eigenvalue weighted by molar-refractivity contribution is 6.19. The summed E-state index contributed by atoms with van der Waals surface area (Å²) >= 11 is 0. The average molecular weight is 842 g/mol. The van der Waals surface area contributed by atoms with Crippen LogP contribution in [0.5, 0.6) is 0 Å². The molecule has 0 atom stereocenters. The zero-order chi connectivity index (χ0) is 43.7. The molecule has 0 radical (unpaired) electrons. The maximum absolute atomic E-state index is 2.54. The maximum Gasteiger partial charge on any atom is 0.0782 e. The first-order valence-corrected chi connectivity index (χ1v) is 23.0. The zero-order valence-corrected chi connectivity index (χ0v) is 36.7. The molecule has 0 unspecified atom stereocenters. The van der Waals surface area contributed by atoms with E-state index >= 15 is 0 Å². The molecule has 3 nitrogen and oxygen atoms in total. The summed E-state index contributed by atoms with van der Waals surface area (Å²) < 4.78 is 4.98. The maximum atomic E-state index is 2.54. The molecule has 66 heavy (non-hydrogen) atoms. The van der Waals surface area contributed by atoms with Crippen molar-refractivity contribution in [2.24, 2.45) is 0 Å². The van der Waals surface area contributed by atoms with Gasteiger partial charge in [-0.1, -0.05) is 166 Å². The number of rotatable bonds is 6. The Morgan fingerprint density at radius 3 is 1.77 bits per heavy atom. The van der Waals surface area contributed by atoms with Crippen LogP contribution in [0.2, 0.25) is 0 Å². The van der Waals surface area contributed by atoms with Gasteiger partial charge in [0.05, 0.1) is 33.4 Å². The van der Waals surface area contributed by atoms with Crippen LogP contribution in [-0.2, 0) is 5.41 Å². The Morgan fingerprint density at radius 2 is 0.985 bits per heavy atom. The lowest BCUT2D eigenvalue weighted by Crippen LogP contribution is -2.15. The minimum atomic E-state index is -0.207. The number of para-hydroxylation sites is 5. The number of fused-ring (bicyclic) bond motifs is 9. The Labute approximate surface area is 383 Å². The quantitative estimate of drug-likeness (QED) is 0.163. The van der Waals surface area contributed by atoms with E-state index in [1.54, 1.807) is 0 Å². The van der Waals surface area contributed by atoms with Gasteiger partial charge in [-0.15, -0.1) is 0 Å². The predicted molar refractivity (Wildman–Crippen MR) is 277 cm³/mol. The molecule has 0 saturated heterocycles. The molecule has 0 amide bonds. The SMILES string of the molecule is CC1(C)c2cc(-c3cccc(N(c4ccc(-c5ccccc5)cc4)c4cccc5c6ccccc6n(-c6ccccc6)c45)c3)cc3c2-c2c1ccc1c4ccccc4n(c21)-c1ccccc1-3. The Bertz CT molecular complexity index is 3940. The van der Waals surface area contributed by atoms with Crippen molar-refractivity contribution in [3.63, 3.8) is 0 Å². The number of anilines is 3. The molecule has 0 N–H and O–H groups in total. The van der Waals surface area contributed by atoms with Crippen molar-refractivity contribution < 1.29 is 0 Å². The normalized spacial score (nSPS) is 13.1. The van der Waals surface area contributed by atoms with E-state index in [4.69, 9.17) is 0 Å². The van der Waals surface area contributed by atoms with Gasteiger partial charge < -0.3 is 14.0 Å². The summed E-state index contributed by atoms with van der Waals surface area (Å²) in [5, 5.41) is 5.06. The first kappa shape index (κ1) is 37.0. The number of nitrogens with zero attached hydrogens (tertiary/aromatic N) is 3. The van der Waals surface area contributed by atoms with Crippen molar-refractivity contribution in [1.82, 2.24) is 9.13 Å². The lowest BCUT2D eigenvalue weighted by Gasteiger charge is -2.28. The van der Waals surface area contributed by atoms with Crippen molar-refractivity contribution in [3.05, 3.63) is 236 Å². The van der Waals surface area contributed by atoms with E-state index < -0.39 is 0 Å². The van der Waals surface area contributed by atoms with Crippen LogP contribution in [0, 0.1) is 0 Å². The van der Waals surface area contributed by atoms with E-state index in [0.717, 1.165) is 22.7 Å². The average Bonchev–Trinajstić information content (AvgIpc) is 3.94. The standard InChI is InChI=1S/C63H43N3/c1-63(2)53-36-35-51-48-24-10-13-28-56(48)66-57-29-14-11-25-49(57)52-38-43(39-54(63)59(52)60(53)62(51)66)42-19-15-22-46(37-42)64(45-33-31-41(32-34-45)40-17-5-3-6-18-40)58-30-16-26-50-47-23-9-12-27-55(47)65(61(50)58)44-20-7-4-8-21-44/h3-39H,1-2H3. The van der Waals surface area contributed by atoms with Gasteiger partial charge in [0.2, 0.25) is 0 Å². The van der Waals surface area contributed by atoms with Gasteiger partial charge in [-0.3, -0.25) is 0 Å². The van der Waals surface area contributed by atoms with Gasteiger partial charge in [0.25, 0.3) is 0 Å². The van der Waals surface area contributed by atoms with Gasteiger partial charge in [0, 0.05) is 55.1 Å². The third kappa shape index (κ3) is 5.14. The highest BCUT2D eigenvalue weighted by Crippen LogP contribution is 2.59. The molecule has 0 fully saturated rings. The molecule has 0 saturated carbocycles. The Hall–Kier alpha value is -8.40. The van der Waals surface area contributed by atoms with Crippen LogP contribution in [0.4, 0.5) is 17.1 Å². The molecule has 1 aliphatic heterocycles. The first-order valence-electron chi connectivity index (χ1n) is 23.0. The molecule has 2 aromatic heterocycles. The molecule has 0 bridgehead atoms. The number of aromatic nitrogens is 2. The smallest absolute Gasteiger partial charge is 0.0782 e. The Morgan fingerprint density at radius 1 is 0.364 bits per heavy atom. The van der Waals surface area contributed by atoms with Crippen molar-refractivity contribution in [3.8, 4) is 55.9 Å². The minimum absolute atomic E-state index is 0.207. The molecular weight excluding hydrogens is 799 g/mol. The van der Waals surface area contributed by atoms with Gasteiger partial charge in [-0.2, -0.15) is 0 Å². The molecule has 2 aliphatic rings. The summed E-state index contributed by atoms with van der Waals surface area (Å²) in [6, 6.07) is 83.0. The van der Waals surface area contributed by atoms with Crippen LogP contribution >= 0.6 is 0 Å². The van der Waals surface area contributed by atoms with Crippen LogP contribution in [0.3, 0.4) is 0 Å². The van der Waals surface area contributed by atoms with Gasteiger partial charge in [-0.05, 0) is 117 Å². The third-order valence-electron chi connectivity index (χ3n) is 14.6. The van der Waals surface area contributed by atoms with Crippen molar-refractivity contribution >= 4 is 60.7 Å². The Kier molecular flexibility index (Phi) is 7.74. The number of hydrogen-bond acceptors (Lipinski definition) is 1. The van der Waals surface area contributed by atoms with Gasteiger partial charge in [0.1, 0.15) is 0 Å². The van der Waals surface area contributed by atoms with Gasteiger partial charge in [0.15, 0.2) is 0 Å². The fraction of sp³-hybridized carbons (Fsp3) is 0.0476. The Balaban J connectivity index is 1.01. The second-order valence-corrected chi connectivity index (χ2v) is 18.5. The van der Waals surface area contributed by atoms with E-state index in [2.05, 4.69) is 252 Å². The lowest BCUT2D eigenvalue weighted by atomic mass is 9.80. The monoisotopic (exact) mass is 841 g/mol. The lowest BCUT2D eigenvalue weighted by molar-refractivity contribution is 0.661. The van der Waals surface area contributed by atoms with Crippen LogP contribution in [0.25, 0.3) is 99.5 Å². The highest BCUT2D eigenvalue weighted by Gasteiger charge is 2.41. The third-order valence-corrected chi connectivity index (χ3v) is 14.6. The molecule has 1 aliphatic carbocycles. The minimum Gasteiger partial charge on any atom is -0.308 e. The molecule has 3 heterocycles. The number of hydrogen-bond donors (Lipinski definition) is 0. The topological polar surface area (TPSA) is 13.1 Å². The summed E-state index contributed by atoms with van der Waals surface area (Å²) in [7, 11) is 0. The number of benzene rings is 10. The molecule has 10 aromatic carbocycles. The second kappa shape index (κ2) is 13.8. The molecule has 0 spiro atoms. The summed E-state index contributed by atoms with van der Waals surface area (Å²) in [5.74, 6) is 0. The molecule has 3 heteroatoms. The fourth-order valence-corrected chi connectivity index (χ4v) is 11.6. The second-order valence-electron chi connectivity index (χ2n) is 18.5.